The highest BCUT2D eigenvalue weighted by Crippen LogP contribution is 2.13. The minimum atomic E-state index is 0.527. The van der Waals surface area contributed by atoms with Crippen molar-refractivity contribution in [2.45, 2.75) is 40.2 Å². The van der Waals surface area contributed by atoms with Crippen molar-refractivity contribution in [2.24, 2.45) is 5.92 Å². The van der Waals surface area contributed by atoms with Crippen LogP contribution in [0.5, 0.6) is 0 Å². The zero-order valence-electron chi connectivity index (χ0n) is 8.41. The van der Waals surface area contributed by atoms with Gasteiger partial charge < -0.3 is 4.57 Å². The van der Waals surface area contributed by atoms with Gasteiger partial charge in [-0.15, -0.1) is 0 Å². The Morgan fingerprint density at radius 1 is 1.33 bits per heavy atom. The molecule has 0 unspecified atom stereocenters. The summed E-state index contributed by atoms with van der Waals surface area (Å²) in [4.78, 5) is 4.33. The normalized spacial score (nSPS) is 11.5. The number of imidazole rings is 1. The highest BCUT2D eigenvalue weighted by Gasteiger charge is 2.07. The van der Waals surface area contributed by atoms with Crippen molar-refractivity contribution in [3.63, 3.8) is 0 Å². The van der Waals surface area contributed by atoms with Crippen LogP contribution in [-0.2, 0) is 6.54 Å². The van der Waals surface area contributed by atoms with Gasteiger partial charge in [-0.2, -0.15) is 0 Å². The first-order valence-electron chi connectivity index (χ1n) is 4.62. The van der Waals surface area contributed by atoms with Gasteiger partial charge >= 0.3 is 0 Å². The van der Waals surface area contributed by atoms with E-state index in [1.807, 2.05) is 6.20 Å². The fraction of sp³-hybridized carbons (Fsp3) is 0.700. The molecule has 1 aromatic rings. The molecule has 0 spiro atoms. The van der Waals surface area contributed by atoms with Crippen molar-refractivity contribution in [2.75, 3.05) is 0 Å². The third-order valence-electron chi connectivity index (χ3n) is 1.83. The molecule has 1 aromatic heterocycles. The van der Waals surface area contributed by atoms with Crippen LogP contribution in [0.2, 0.25) is 0 Å². The first-order valence-corrected chi connectivity index (χ1v) is 4.62. The highest BCUT2D eigenvalue weighted by atomic mass is 15.1. The van der Waals surface area contributed by atoms with Crippen LogP contribution in [0.3, 0.4) is 0 Å². The second-order valence-corrected chi connectivity index (χ2v) is 3.99. The van der Waals surface area contributed by atoms with Crippen LogP contribution in [0.15, 0.2) is 12.4 Å². The Labute approximate surface area is 74.6 Å². The zero-order valence-corrected chi connectivity index (χ0v) is 8.41. The second kappa shape index (κ2) is 3.74. The van der Waals surface area contributed by atoms with Crippen molar-refractivity contribution in [1.29, 1.82) is 0 Å². The quantitative estimate of drug-likeness (QED) is 0.675. The van der Waals surface area contributed by atoms with E-state index in [1.165, 1.54) is 5.82 Å². The third kappa shape index (κ3) is 2.10. The molecule has 0 bridgehead atoms. The van der Waals surface area contributed by atoms with Crippen LogP contribution in [0, 0.1) is 5.92 Å². The lowest BCUT2D eigenvalue weighted by Gasteiger charge is -2.11. The molecule has 68 valence electrons. The summed E-state index contributed by atoms with van der Waals surface area (Å²) in [7, 11) is 0. The average molecular weight is 166 g/mol. The Hall–Kier alpha value is -0.790. The Kier molecular flexibility index (Phi) is 2.90. The summed E-state index contributed by atoms with van der Waals surface area (Å²) in [5, 5.41) is 0. The molecule has 0 aliphatic heterocycles. The summed E-state index contributed by atoms with van der Waals surface area (Å²) in [6, 6.07) is 0. The van der Waals surface area contributed by atoms with E-state index in [0.717, 1.165) is 6.54 Å². The molecule has 1 rings (SSSR count). The summed E-state index contributed by atoms with van der Waals surface area (Å²) < 4.78 is 2.25. The van der Waals surface area contributed by atoms with E-state index in [4.69, 9.17) is 0 Å². The van der Waals surface area contributed by atoms with Gasteiger partial charge in [0.1, 0.15) is 5.82 Å². The van der Waals surface area contributed by atoms with Crippen molar-refractivity contribution in [3.05, 3.63) is 18.2 Å². The smallest absolute Gasteiger partial charge is 0.111 e. The Morgan fingerprint density at radius 3 is 2.50 bits per heavy atom. The standard InChI is InChI=1S/C10H18N2/c1-8(2)7-12-6-5-11-10(12)9(3)4/h5-6,8-9H,7H2,1-4H3. The maximum absolute atomic E-state index is 4.33. The van der Waals surface area contributed by atoms with Gasteiger partial charge in [0.2, 0.25) is 0 Å². The summed E-state index contributed by atoms with van der Waals surface area (Å²) in [6.07, 6.45) is 3.95. The highest BCUT2D eigenvalue weighted by molar-refractivity contribution is 4.97. The van der Waals surface area contributed by atoms with E-state index >= 15 is 0 Å². The summed E-state index contributed by atoms with van der Waals surface area (Å²) in [5.41, 5.74) is 0. The van der Waals surface area contributed by atoms with E-state index < -0.39 is 0 Å². The lowest BCUT2D eigenvalue weighted by atomic mass is 10.2. The summed E-state index contributed by atoms with van der Waals surface area (Å²) in [6.45, 7) is 9.89. The second-order valence-electron chi connectivity index (χ2n) is 3.99. The molecular weight excluding hydrogens is 148 g/mol. The van der Waals surface area contributed by atoms with Gasteiger partial charge in [-0.05, 0) is 5.92 Å². The van der Waals surface area contributed by atoms with E-state index in [1.54, 1.807) is 0 Å². The predicted molar refractivity (Wildman–Crippen MR) is 51.2 cm³/mol. The predicted octanol–water partition coefficient (Wildman–Crippen LogP) is 2.66. The molecule has 0 atom stereocenters. The van der Waals surface area contributed by atoms with E-state index in [9.17, 15) is 0 Å². The molecule has 0 saturated carbocycles. The number of nitrogens with zero attached hydrogens (tertiary/aromatic N) is 2. The lowest BCUT2D eigenvalue weighted by Crippen LogP contribution is -2.08. The first kappa shape index (κ1) is 9.30. The lowest BCUT2D eigenvalue weighted by molar-refractivity contribution is 0.498. The molecule has 0 amide bonds. The van der Waals surface area contributed by atoms with Crippen molar-refractivity contribution in [3.8, 4) is 0 Å². The molecule has 2 heteroatoms. The minimum absolute atomic E-state index is 0.527. The average Bonchev–Trinajstić information content (AvgIpc) is 2.33. The van der Waals surface area contributed by atoms with Gasteiger partial charge in [0.25, 0.3) is 0 Å². The minimum Gasteiger partial charge on any atom is -0.334 e. The number of hydrogen-bond acceptors (Lipinski definition) is 1. The Morgan fingerprint density at radius 2 is 2.00 bits per heavy atom. The number of rotatable bonds is 3. The SMILES string of the molecule is CC(C)Cn1ccnc1C(C)C. The number of aromatic nitrogens is 2. The molecule has 1 heterocycles. The van der Waals surface area contributed by atoms with Crippen LogP contribution in [0.4, 0.5) is 0 Å². The molecule has 12 heavy (non-hydrogen) atoms. The van der Waals surface area contributed by atoms with Gasteiger partial charge in [-0.3, -0.25) is 0 Å². The monoisotopic (exact) mass is 166 g/mol. The molecule has 0 radical (unpaired) electrons. The topological polar surface area (TPSA) is 17.8 Å². The van der Waals surface area contributed by atoms with Crippen LogP contribution in [0.25, 0.3) is 0 Å². The van der Waals surface area contributed by atoms with Crippen LogP contribution < -0.4 is 0 Å². The van der Waals surface area contributed by atoms with Crippen LogP contribution >= 0.6 is 0 Å². The fourth-order valence-electron chi connectivity index (χ4n) is 1.37. The molecule has 0 fully saturated rings. The van der Waals surface area contributed by atoms with E-state index in [-0.39, 0.29) is 0 Å². The van der Waals surface area contributed by atoms with Crippen molar-refractivity contribution in [1.82, 2.24) is 9.55 Å². The summed E-state index contributed by atoms with van der Waals surface area (Å²) in [5.74, 6) is 2.42. The molecule has 2 nitrogen and oxygen atoms in total. The molecule has 0 aromatic carbocycles. The molecule has 0 saturated heterocycles. The van der Waals surface area contributed by atoms with Gasteiger partial charge in [0.05, 0.1) is 0 Å². The third-order valence-corrected chi connectivity index (χ3v) is 1.83. The maximum Gasteiger partial charge on any atom is 0.111 e. The number of hydrogen-bond donors (Lipinski definition) is 0. The first-order chi connectivity index (χ1) is 5.61. The van der Waals surface area contributed by atoms with E-state index in [2.05, 4.69) is 43.4 Å². The molecule has 0 N–H and O–H groups in total. The van der Waals surface area contributed by atoms with Gasteiger partial charge in [-0.25, -0.2) is 4.98 Å². The molecule has 0 aliphatic rings. The van der Waals surface area contributed by atoms with Gasteiger partial charge in [0.15, 0.2) is 0 Å². The van der Waals surface area contributed by atoms with Gasteiger partial charge in [-0.1, -0.05) is 27.7 Å². The maximum atomic E-state index is 4.33. The Bertz CT molecular complexity index is 236. The van der Waals surface area contributed by atoms with Crippen molar-refractivity contribution < 1.29 is 0 Å². The molecular formula is C10H18N2. The summed E-state index contributed by atoms with van der Waals surface area (Å²) >= 11 is 0. The van der Waals surface area contributed by atoms with Crippen molar-refractivity contribution >= 4 is 0 Å². The fourth-order valence-corrected chi connectivity index (χ4v) is 1.37. The van der Waals surface area contributed by atoms with Crippen LogP contribution in [0.1, 0.15) is 39.4 Å². The van der Waals surface area contributed by atoms with Crippen LogP contribution in [-0.4, -0.2) is 9.55 Å². The Balaban J connectivity index is 2.77. The zero-order chi connectivity index (χ0) is 9.14. The van der Waals surface area contributed by atoms with E-state index in [0.29, 0.717) is 11.8 Å². The largest absolute Gasteiger partial charge is 0.334 e. The van der Waals surface area contributed by atoms with Gasteiger partial charge in [0, 0.05) is 24.9 Å². The molecule has 0 aliphatic carbocycles.